The molecule has 1 aromatic rings. The lowest BCUT2D eigenvalue weighted by Crippen LogP contribution is -2.32. The van der Waals surface area contributed by atoms with E-state index in [1.165, 1.54) is 0 Å². The fourth-order valence-electron chi connectivity index (χ4n) is 1.77. The van der Waals surface area contributed by atoms with E-state index in [1.54, 1.807) is 7.11 Å². The molecule has 4 nitrogen and oxygen atoms in total. The van der Waals surface area contributed by atoms with Gasteiger partial charge in [0.05, 0.1) is 19.6 Å². The number of amides is 1. The molecule has 0 bridgehead atoms. The van der Waals surface area contributed by atoms with Gasteiger partial charge in [-0.05, 0) is 19.4 Å². The number of ether oxygens (including phenoxy) is 1. The molecular formula is C14H21NO3. The minimum absolute atomic E-state index is 0.118. The Kier molecular flexibility index (Phi) is 5.65. The Bertz CT molecular complexity index is 400. The standard InChI is InChI=1S/C14H21NO3/c1-4-11(9-16)14(17)15-8-12-7-10(2)5-6-13(12)18-3/h5-7,11,16H,4,8-9H2,1-3H3,(H,15,17). The minimum atomic E-state index is -0.333. The maximum atomic E-state index is 11.8. The monoisotopic (exact) mass is 251 g/mol. The average Bonchev–Trinajstić information content (AvgIpc) is 2.38. The molecular weight excluding hydrogens is 230 g/mol. The van der Waals surface area contributed by atoms with Crippen molar-refractivity contribution in [1.82, 2.24) is 5.32 Å². The number of aliphatic hydroxyl groups is 1. The van der Waals surface area contributed by atoms with Crippen molar-refractivity contribution in [3.8, 4) is 5.75 Å². The molecule has 100 valence electrons. The normalized spacial score (nSPS) is 12.0. The lowest BCUT2D eigenvalue weighted by atomic mass is 10.1. The van der Waals surface area contributed by atoms with Gasteiger partial charge < -0.3 is 15.2 Å². The van der Waals surface area contributed by atoms with Gasteiger partial charge in [0.15, 0.2) is 0 Å². The predicted octanol–water partition coefficient (Wildman–Crippen LogP) is 1.64. The Morgan fingerprint density at radius 1 is 1.50 bits per heavy atom. The Balaban J connectivity index is 2.68. The van der Waals surface area contributed by atoms with Crippen molar-refractivity contribution >= 4 is 5.91 Å². The van der Waals surface area contributed by atoms with Crippen LogP contribution in [0.15, 0.2) is 18.2 Å². The molecule has 0 fully saturated rings. The SMILES string of the molecule is CCC(CO)C(=O)NCc1cc(C)ccc1OC. The second-order valence-electron chi connectivity index (χ2n) is 4.32. The number of aryl methyl sites for hydroxylation is 1. The number of benzene rings is 1. The number of carbonyl (C=O) groups is 1. The van der Waals surface area contributed by atoms with Crippen molar-refractivity contribution in [2.75, 3.05) is 13.7 Å². The molecule has 0 spiro atoms. The van der Waals surface area contributed by atoms with E-state index in [-0.39, 0.29) is 18.4 Å². The van der Waals surface area contributed by atoms with Gasteiger partial charge in [-0.15, -0.1) is 0 Å². The first-order chi connectivity index (χ1) is 8.62. The van der Waals surface area contributed by atoms with Gasteiger partial charge in [-0.2, -0.15) is 0 Å². The van der Waals surface area contributed by atoms with Gasteiger partial charge in [-0.1, -0.05) is 24.6 Å². The fraction of sp³-hybridized carbons (Fsp3) is 0.500. The number of methoxy groups -OCH3 is 1. The van der Waals surface area contributed by atoms with E-state index in [1.807, 2.05) is 32.0 Å². The summed E-state index contributed by atoms with van der Waals surface area (Å²) in [6.07, 6.45) is 0.632. The van der Waals surface area contributed by atoms with Crippen molar-refractivity contribution in [3.63, 3.8) is 0 Å². The first-order valence-corrected chi connectivity index (χ1v) is 6.14. The second kappa shape index (κ2) is 7.01. The lowest BCUT2D eigenvalue weighted by Gasteiger charge is -2.14. The first kappa shape index (κ1) is 14.5. The summed E-state index contributed by atoms with van der Waals surface area (Å²) in [4.78, 5) is 11.8. The van der Waals surface area contributed by atoms with Gasteiger partial charge in [0, 0.05) is 12.1 Å². The Hall–Kier alpha value is -1.55. The molecule has 0 aliphatic heterocycles. The van der Waals surface area contributed by atoms with E-state index in [4.69, 9.17) is 9.84 Å². The molecule has 0 saturated heterocycles. The molecule has 1 atom stereocenters. The van der Waals surface area contributed by atoms with Gasteiger partial charge in [-0.25, -0.2) is 0 Å². The molecule has 0 aliphatic rings. The molecule has 0 aliphatic carbocycles. The van der Waals surface area contributed by atoms with Gasteiger partial charge >= 0.3 is 0 Å². The van der Waals surface area contributed by atoms with Crippen molar-refractivity contribution < 1.29 is 14.6 Å². The van der Waals surface area contributed by atoms with Crippen LogP contribution in [0, 0.1) is 12.8 Å². The molecule has 2 N–H and O–H groups in total. The molecule has 1 amide bonds. The number of aliphatic hydroxyl groups excluding tert-OH is 1. The lowest BCUT2D eigenvalue weighted by molar-refractivity contribution is -0.126. The third-order valence-electron chi connectivity index (χ3n) is 2.97. The summed E-state index contributed by atoms with van der Waals surface area (Å²) in [5, 5.41) is 11.9. The molecule has 4 heteroatoms. The quantitative estimate of drug-likeness (QED) is 0.808. The Morgan fingerprint density at radius 2 is 2.22 bits per heavy atom. The highest BCUT2D eigenvalue weighted by atomic mass is 16.5. The Labute approximate surface area is 108 Å². The summed E-state index contributed by atoms with van der Waals surface area (Å²) in [5.74, 6) is 0.308. The van der Waals surface area contributed by atoms with E-state index in [0.717, 1.165) is 16.9 Å². The molecule has 0 heterocycles. The number of rotatable bonds is 6. The van der Waals surface area contributed by atoms with Crippen molar-refractivity contribution in [1.29, 1.82) is 0 Å². The summed E-state index contributed by atoms with van der Waals surface area (Å²) in [5.41, 5.74) is 2.06. The van der Waals surface area contributed by atoms with E-state index in [2.05, 4.69) is 5.32 Å². The maximum Gasteiger partial charge on any atom is 0.225 e. The van der Waals surface area contributed by atoms with Crippen molar-refractivity contribution in [3.05, 3.63) is 29.3 Å². The molecule has 1 rings (SSSR count). The highest BCUT2D eigenvalue weighted by Crippen LogP contribution is 2.19. The molecule has 18 heavy (non-hydrogen) atoms. The molecule has 1 aromatic carbocycles. The van der Waals surface area contributed by atoms with Gasteiger partial charge in [0.2, 0.25) is 5.91 Å². The average molecular weight is 251 g/mol. The van der Waals surface area contributed by atoms with Crippen LogP contribution in [-0.4, -0.2) is 24.7 Å². The number of carbonyl (C=O) groups excluding carboxylic acids is 1. The van der Waals surface area contributed by atoms with Gasteiger partial charge in [0.25, 0.3) is 0 Å². The van der Waals surface area contributed by atoms with Crippen LogP contribution in [0.1, 0.15) is 24.5 Å². The summed E-state index contributed by atoms with van der Waals surface area (Å²) >= 11 is 0. The Morgan fingerprint density at radius 3 is 2.78 bits per heavy atom. The van der Waals surface area contributed by atoms with Gasteiger partial charge in [-0.3, -0.25) is 4.79 Å². The summed E-state index contributed by atoms with van der Waals surface area (Å²) < 4.78 is 5.25. The minimum Gasteiger partial charge on any atom is -0.496 e. The zero-order valence-electron chi connectivity index (χ0n) is 11.2. The maximum absolute atomic E-state index is 11.8. The van der Waals surface area contributed by atoms with Crippen molar-refractivity contribution in [2.24, 2.45) is 5.92 Å². The van der Waals surface area contributed by atoms with Crippen LogP contribution >= 0.6 is 0 Å². The van der Waals surface area contributed by atoms with Crippen LogP contribution < -0.4 is 10.1 Å². The molecule has 0 saturated carbocycles. The summed E-state index contributed by atoms with van der Waals surface area (Å²) in [6.45, 7) is 4.18. The van der Waals surface area contributed by atoms with Crippen LogP contribution in [0.5, 0.6) is 5.75 Å². The zero-order chi connectivity index (χ0) is 13.5. The third kappa shape index (κ3) is 3.74. The molecule has 0 aromatic heterocycles. The van der Waals surface area contributed by atoms with E-state index >= 15 is 0 Å². The number of nitrogens with one attached hydrogen (secondary N) is 1. The van der Waals surface area contributed by atoms with Crippen molar-refractivity contribution in [2.45, 2.75) is 26.8 Å². The highest BCUT2D eigenvalue weighted by molar-refractivity contribution is 5.78. The van der Waals surface area contributed by atoms with E-state index < -0.39 is 0 Å². The number of hydrogen-bond acceptors (Lipinski definition) is 3. The highest BCUT2D eigenvalue weighted by Gasteiger charge is 2.15. The van der Waals surface area contributed by atoms with Crippen LogP contribution in [0.4, 0.5) is 0 Å². The van der Waals surface area contributed by atoms with E-state index in [0.29, 0.717) is 13.0 Å². The fourth-order valence-corrected chi connectivity index (χ4v) is 1.77. The van der Waals surface area contributed by atoms with E-state index in [9.17, 15) is 4.79 Å². The third-order valence-corrected chi connectivity index (χ3v) is 2.97. The van der Waals surface area contributed by atoms with Crippen LogP contribution in [-0.2, 0) is 11.3 Å². The largest absolute Gasteiger partial charge is 0.496 e. The van der Waals surface area contributed by atoms with Crippen LogP contribution in [0.25, 0.3) is 0 Å². The van der Waals surface area contributed by atoms with Crippen LogP contribution in [0.2, 0.25) is 0 Å². The van der Waals surface area contributed by atoms with Crippen LogP contribution in [0.3, 0.4) is 0 Å². The topological polar surface area (TPSA) is 58.6 Å². The summed E-state index contributed by atoms with van der Waals surface area (Å²) in [7, 11) is 1.61. The molecule has 0 radical (unpaired) electrons. The molecule has 1 unspecified atom stereocenters. The second-order valence-corrected chi connectivity index (χ2v) is 4.32. The predicted molar refractivity (Wildman–Crippen MR) is 70.4 cm³/mol. The zero-order valence-corrected chi connectivity index (χ0v) is 11.2. The first-order valence-electron chi connectivity index (χ1n) is 6.14. The summed E-state index contributed by atoms with van der Waals surface area (Å²) in [6, 6.07) is 5.84. The number of hydrogen-bond donors (Lipinski definition) is 2. The smallest absolute Gasteiger partial charge is 0.225 e. The van der Waals surface area contributed by atoms with Gasteiger partial charge in [0.1, 0.15) is 5.75 Å².